The Morgan fingerprint density at radius 3 is 1.09 bits per heavy atom. The molecule has 0 spiro atoms. The van der Waals surface area contributed by atoms with Gasteiger partial charge in [0, 0.05) is 12.8 Å². The Labute approximate surface area is 450 Å². The molecule has 78 heavy (non-hydrogen) atoms. The highest BCUT2D eigenvalue weighted by Crippen LogP contribution is 2.12. The van der Waals surface area contributed by atoms with E-state index < -0.39 is 206 Å². The summed E-state index contributed by atoms with van der Waals surface area (Å²) in [5.41, 5.74) is 21.7. The fourth-order valence-corrected chi connectivity index (χ4v) is 7.24. The lowest BCUT2D eigenvalue weighted by Crippen LogP contribution is -2.62. The molecule has 21 N–H and O–H groups in total. The molecule has 0 aliphatic heterocycles. The largest absolute Gasteiger partial charge is 0.481 e. The number of aliphatic hydroxyl groups is 2. The van der Waals surface area contributed by atoms with Gasteiger partial charge >= 0.3 is 11.9 Å². The standard InChI is InChI=1S/C47H81N13O18/c1-19(2)14-27(54-38(68)24(48)16-34(66)67)41(71)52-25(10-12-31(49)63)39(69)58-35(21(5)6)45(75)56-29(17-33(51)65)43(73)57-30(18-61)44(74)55-28(15-20(3)4)42(72)53-26(11-13-32(50)64)40(70)60-37(23(9)62)46(76)59-36(22(7)8)47(77)78/h19-30,35-37,61-62H,10-18,48H2,1-9H3,(H2,49,63)(H2,50,64)(H2,51,65)(H,52,71)(H,53,72)(H,54,68)(H,55,74)(H,56,75)(H,57,73)(H,58,69)(H,59,76)(H,60,70)(H,66,67)(H,77,78)/t23-,24+,25+,26+,27+,28+,29+,30+,35+,36+,37+/m1/s1. The quantitative estimate of drug-likeness (QED) is 0.0275. The van der Waals surface area contributed by atoms with Crippen molar-refractivity contribution in [3.8, 4) is 0 Å². The van der Waals surface area contributed by atoms with Crippen LogP contribution in [0.2, 0.25) is 0 Å². The molecule has 0 heterocycles. The molecule has 31 nitrogen and oxygen atoms in total. The Kier molecular flexibility index (Phi) is 31.0. The molecule has 0 aromatic rings. The van der Waals surface area contributed by atoms with Crippen LogP contribution in [0, 0.1) is 23.7 Å². The Morgan fingerprint density at radius 1 is 0.397 bits per heavy atom. The topological polar surface area (TPSA) is 532 Å². The predicted molar refractivity (Wildman–Crippen MR) is 273 cm³/mol. The van der Waals surface area contributed by atoms with Crippen LogP contribution in [0.15, 0.2) is 0 Å². The Hall–Kier alpha value is -7.54. The maximum Gasteiger partial charge on any atom is 0.326 e. The fourth-order valence-electron chi connectivity index (χ4n) is 7.24. The summed E-state index contributed by atoms with van der Waals surface area (Å²) in [4.78, 5) is 181. The van der Waals surface area contributed by atoms with Crippen molar-refractivity contribution < 1.29 is 87.5 Å². The molecule has 0 fully saturated rings. The smallest absolute Gasteiger partial charge is 0.326 e. The van der Waals surface area contributed by atoms with E-state index >= 15 is 0 Å². The lowest BCUT2D eigenvalue weighted by atomic mass is 10.00. The predicted octanol–water partition coefficient (Wildman–Crippen LogP) is -6.58. The van der Waals surface area contributed by atoms with Crippen LogP contribution in [0.1, 0.15) is 114 Å². The fraction of sp³-hybridized carbons (Fsp3) is 0.702. The zero-order valence-electron chi connectivity index (χ0n) is 45.3. The number of aliphatic hydroxyl groups excluding tert-OH is 2. The van der Waals surface area contributed by atoms with Crippen molar-refractivity contribution in [1.82, 2.24) is 47.9 Å². The summed E-state index contributed by atoms with van der Waals surface area (Å²) in [6.45, 7) is 12.5. The Balaban J connectivity index is 6.62. The number of aliphatic carboxylic acids is 2. The van der Waals surface area contributed by atoms with E-state index in [2.05, 4.69) is 47.9 Å². The molecule has 11 atom stereocenters. The Bertz CT molecular complexity index is 2160. The summed E-state index contributed by atoms with van der Waals surface area (Å²) in [5.74, 6) is -17.7. The molecule has 0 aliphatic carbocycles. The number of nitrogens with two attached hydrogens (primary N) is 4. The average molecular weight is 1120 g/mol. The van der Waals surface area contributed by atoms with Gasteiger partial charge in [0.15, 0.2) is 0 Å². The summed E-state index contributed by atoms with van der Waals surface area (Å²) in [5, 5.41) is 60.0. The number of carbonyl (C=O) groups excluding carboxylic acids is 12. The zero-order chi connectivity index (χ0) is 60.5. The average Bonchev–Trinajstić information content (AvgIpc) is 3.30. The third-order valence-corrected chi connectivity index (χ3v) is 11.4. The minimum atomic E-state index is -1.92. The number of rotatable bonds is 37. The number of carboxylic acid groups (broad SMARTS) is 2. The first-order chi connectivity index (χ1) is 36.0. The molecule has 0 aromatic heterocycles. The van der Waals surface area contributed by atoms with Gasteiger partial charge in [0.05, 0.1) is 31.6 Å². The van der Waals surface area contributed by atoms with Gasteiger partial charge in [-0.25, -0.2) is 4.79 Å². The highest BCUT2D eigenvalue weighted by atomic mass is 16.4. The molecule has 0 bridgehead atoms. The molecule has 0 aliphatic rings. The highest BCUT2D eigenvalue weighted by molar-refractivity contribution is 6.00. The van der Waals surface area contributed by atoms with Crippen LogP contribution >= 0.6 is 0 Å². The minimum absolute atomic E-state index is 0.0232. The van der Waals surface area contributed by atoms with E-state index in [1.54, 1.807) is 27.7 Å². The Morgan fingerprint density at radius 2 is 0.731 bits per heavy atom. The van der Waals surface area contributed by atoms with Gasteiger partial charge in [-0.2, -0.15) is 0 Å². The maximum absolute atomic E-state index is 13.9. The summed E-state index contributed by atoms with van der Waals surface area (Å²) in [6, 6.07) is -16.3. The molecular weight excluding hydrogens is 1030 g/mol. The molecule has 31 heteroatoms. The first-order valence-corrected chi connectivity index (χ1v) is 25.1. The van der Waals surface area contributed by atoms with E-state index in [4.69, 9.17) is 28.0 Å². The van der Waals surface area contributed by atoms with Crippen molar-refractivity contribution in [2.45, 2.75) is 180 Å². The molecule has 0 rings (SSSR count). The molecule has 442 valence electrons. The number of nitrogens with one attached hydrogen (secondary N) is 9. The summed E-state index contributed by atoms with van der Waals surface area (Å²) in [6.07, 6.45) is -5.36. The second-order valence-corrected chi connectivity index (χ2v) is 20.2. The lowest BCUT2D eigenvalue weighted by molar-refractivity contribution is -0.144. The van der Waals surface area contributed by atoms with Gasteiger partial charge in [-0.3, -0.25) is 62.3 Å². The normalized spacial score (nSPS) is 15.5. The van der Waals surface area contributed by atoms with E-state index in [1.807, 2.05) is 0 Å². The molecule has 0 saturated carbocycles. The lowest BCUT2D eigenvalue weighted by Gasteiger charge is -2.29. The van der Waals surface area contributed by atoms with Gasteiger partial charge in [-0.15, -0.1) is 0 Å². The van der Waals surface area contributed by atoms with Crippen molar-refractivity contribution in [2.75, 3.05) is 6.61 Å². The number of amides is 12. The monoisotopic (exact) mass is 1120 g/mol. The molecule has 0 unspecified atom stereocenters. The van der Waals surface area contributed by atoms with Gasteiger partial charge in [-0.1, -0.05) is 55.4 Å². The second-order valence-electron chi connectivity index (χ2n) is 20.2. The summed E-state index contributed by atoms with van der Waals surface area (Å²) in [7, 11) is 0. The van der Waals surface area contributed by atoms with Crippen molar-refractivity contribution in [1.29, 1.82) is 0 Å². The summed E-state index contributed by atoms with van der Waals surface area (Å²) >= 11 is 0. The molecule has 0 aromatic carbocycles. The van der Waals surface area contributed by atoms with Crippen molar-refractivity contribution in [3.05, 3.63) is 0 Å². The maximum atomic E-state index is 13.9. The van der Waals surface area contributed by atoms with Crippen molar-refractivity contribution >= 4 is 82.8 Å². The van der Waals surface area contributed by atoms with Gasteiger partial charge in [0.2, 0.25) is 70.9 Å². The molecule has 0 saturated heterocycles. The van der Waals surface area contributed by atoms with Crippen LogP contribution in [0.4, 0.5) is 0 Å². The summed E-state index contributed by atoms with van der Waals surface area (Å²) < 4.78 is 0. The third-order valence-electron chi connectivity index (χ3n) is 11.4. The van der Waals surface area contributed by atoms with Gasteiger partial charge in [-0.05, 0) is 56.3 Å². The van der Waals surface area contributed by atoms with Crippen LogP contribution in [-0.4, -0.2) is 176 Å². The number of carbonyl (C=O) groups is 14. The van der Waals surface area contributed by atoms with E-state index in [9.17, 15) is 82.4 Å². The molecule has 0 radical (unpaired) electrons. The van der Waals surface area contributed by atoms with Gasteiger partial charge in [0.1, 0.15) is 54.4 Å². The van der Waals surface area contributed by atoms with Crippen molar-refractivity contribution in [3.63, 3.8) is 0 Å². The number of hydrogen-bond donors (Lipinski definition) is 17. The minimum Gasteiger partial charge on any atom is -0.481 e. The van der Waals surface area contributed by atoms with E-state index in [-0.39, 0.29) is 24.7 Å². The van der Waals surface area contributed by atoms with Crippen LogP contribution < -0.4 is 70.8 Å². The zero-order valence-corrected chi connectivity index (χ0v) is 45.3. The molecule has 12 amide bonds. The van der Waals surface area contributed by atoms with Gasteiger partial charge in [0.25, 0.3) is 0 Å². The van der Waals surface area contributed by atoms with Crippen LogP contribution in [-0.2, 0) is 67.1 Å². The SMILES string of the molecule is CC(C)C[C@H](NC(=O)[C@H](CO)NC(=O)[C@H](CC(N)=O)NC(=O)[C@@H](NC(=O)[C@H](CCC(N)=O)NC(=O)[C@H](CC(C)C)NC(=O)[C@@H](N)CC(=O)O)C(C)C)C(=O)N[C@@H](CCC(N)=O)C(=O)N[C@H](C(=O)N[C@H](C(=O)O)C(C)C)[C@@H](C)O. The van der Waals surface area contributed by atoms with Gasteiger partial charge < -0.3 is 91.2 Å². The van der Waals surface area contributed by atoms with Crippen LogP contribution in [0.3, 0.4) is 0 Å². The number of primary amides is 3. The molecular formula is C47H81N13O18. The first-order valence-electron chi connectivity index (χ1n) is 25.1. The van der Waals surface area contributed by atoms with Crippen LogP contribution in [0.5, 0.6) is 0 Å². The second kappa shape index (κ2) is 34.3. The van der Waals surface area contributed by atoms with E-state index in [1.165, 1.54) is 27.7 Å². The number of carboxylic acids is 2. The van der Waals surface area contributed by atoms with Crippen molar-refractivity contribution in [2.24, 2.45) is 46.6 Å². The first kappa shape index (κ1) is 70.5. The van der Waals surface area contributed by atoms with E-state index in [0.717, 1.165) is 6.92 Å². The number of hydrogen-bond acceptors (Lipinski definition) is 17. The highest BCUT2D eigenvalue weighted by Gasteiger charge is 2.38. The van der Waals surface area contributed by atoms with Crippen LogP contribution in [0.25, 0.3) is 0 Å². The van der Waals surface area contributed by atoms with E-state index in [0.29, 0.717) is 0 Å². The third kappa shape index (κ3) is 26.5.